The van der Waals surface area contributed by atoms with Crippen LogP contribution in [0.3, 0.4) is 0 Å². The molecule has 2 aromatic carbocycles. The first-order valence-electron chi connectivity index (χ1n) is 6.75. The Balaban J connectivity index is 2.50. The van der Waals surface area contributed by atoms with Crippen LogP contribution in [0.5, 0.6) is 0 Å². The summed E-state index contributed by atoms with van der Waals surface area (Å²) in [4.78, 5) is 11.7. The van der Waals surface area contributed by atoms with Gasteiger partial charge in [-0.15, -0.1) is 0 Å². The Morgan fingerprint density at radius 2 is 1.38 bits per heavy atom. The van der Waals surface area contributed by atoms with Crippen LogP contribution < -0.4 is 5.73 Å². The third-order valence-corrected chi connectivity index (χ3v) is 5.69. The molecule has 0 radical (unpaired) electrons. The van der Waals surface area contributed by atoms with E-state index in [-0.39, 0.29) is 5.25 Å². The van der Waals surface area contributed by atoms with Gasteiger partial charge in [0.2, 0.25) is 0 Å². The summed E-state index contributed by atoms with van der Waals surface area (Å²) < 4.78 is 11.9. The summed E-state index contributed by atoms with van der Waals surface area (Å²) >= 11 is -1.47. The van der Waals surface area contributed by atoms with Crippen LogP contribution in [0, 0.1) is 0 Å². The van der Waals surface area contributed by atoms with E-state index in [1.54, 1.807) is 13.8 Å². The quantitative estimate of drug-likeness (QED) is 0.863. The zero-order valence-electron chi connectivity index (χ0n) is 12.2. The van der Waals surface area contributed by atoms with Gasteiger partial charge < -0.3 is 10.3 Å². The maximum Gasteiger partial charge on any atom is 0.273 e. The van der Waals surface area contributed by atoms with Gasteiger partial charge in [0.1, 0.15) is 0 Å². The van der Waals surface area contributed by atoms with Crippen molar-refractivity contribution in [2.75, 3.05) is 0 Å². The van der Waals surface area contributed by atoms with Crippen molar-refractivity contribution in [3.8, 4) is 0 Å². The first-order valence-corrected chi connectivity index (χ1v) is 7.96. The van der Waals surface area contributed by atoms with Gasteiger partial charge in [0.15, 0.2) is 10.00 Å². The van der Waals surface area contributed by atoms with Gasteiger partial charge >= 0.3 is 0 Å². The molecule has 0 saturated carbocycles. The first kappa shape index (κ1) is 15.6. The lowest BCUT2D eigenvalue weighted by Gasteiger charge is -2.32. The molecule has 0 aliphatic heterocycles. The minimum absolute atomic E-state index is 0.380. The van der Waals surface area contributed by atoms with Crippen LogP contribution in [0.1, 0.15) is 30.2 Å². The van der Waals surface area contributed by atoms with Crippen molar-refractivity contribution < 1.29 is 9.35 Å². The highest BCUT2D eigenvalue weighted by molar-refractivity contribution is 7.94. The molecule has 0 spiro atoms. The fraction of sp³-hybridized carbons (Fsp3) is 0.235. The molecular weight excluding hydrogens is 282 g/mol. The summed E-state index contributed by atoms with van der Waals surface area (Å²) in [5.74, 6) is -0.558. The van der Waals surface area contributed by atoms with E-state index in [4.69, 9.17) is 5.73 Å². The van der Waals surface area contributed by atoms with Gasteiger partial charge in [-0.3, -0.25) is 4.79 Å². The van der Waals surface area contributed by atoms with Crippen LogP contribution in [0.2, 0.25) is 0 Å². The number of benzene rings is 2. The zero-order valence-corrected chi connectivity index (χ0v) is 13.0. The summed E-state index contributed by atoms with van der Waals surface area (Å²) in [7, 11) is 0. The molecule has 2 aromatic rings. The number of carbonyl (C=O) groups is 1. The summed E-state index contributed by atoms with van der Waals surface area (Å²) in [5, 5.41) is -0.380. The smallest absolute Gasteiger partial charge is 0.273 e. The van der Waals surface area contributed by atoms with E-state index in [9.17, 15) is 9.35 Å². The SMILES string of the molecule is CC(C)(C(N)=O)[S+]([O-])C(c1ccccc1)c1ccccc1. The molecule has 0 fully saturated rings. The summed E-state index contributed by atoms with van der Waals surface area (Å²) in [6.45, 7) is 3.26. The minimum atomic E-state index is -1.47. The van der Waals surface area contributed by atoms with E-state index < -0.39 is 21.8 Å². The van der Waals surface area contributed by atoms with Gasteiger partial charge in [-0.05, 0) is 25.0 Å². The van der Waals surface area contributed by atoms with Gasteiger partial charge in [-0.25, -0.2) is 0 Å². The molecule has 3 nitrogen and oxygen atoms in total. The van der Waals surface area contributed by atoms with Crippen LogP contribution in [0.25, 0.3) is 0 Å². The first-order chi connectivity index (χ1) is 9.94. The second kappa shape index (κ2) is 6.33. The maximum absolute atomic E-state index is 13.0. The molecule has 0 aliphatic rings. The lowest BCUT2D eigenvalue weighted by atomic mass is 10.0. The van der Waals surface area contributed by atoms with Crippen LogP contribution in [-0.2, 0) is 16.0 Å². The normalized spacial score (nSPS) is 13.1. The average Bonchev–Trinajstić information content (AvgIpc) is 2.49. The average molecular weight is 301 g/mol. The predicted molar refractivity (Wildman–Crippen MR) is 86.1 cm³/mol. The van der Waals surface area contributed by atoms with Crippen molar-refractivity contribution >= 4 is 17.1 Å². The van der Waals surface area contributed by atoms with Crippen molar-refractivity contribution in [1.29, 1.82) is 0 Å². The van der Waals surface area contributed by atoms with E-state index in [0.717, 1.165) is 11.1 Å². The number of primary amides is 1. The van der Waals surface area contributed by atoms with E-state index in [1.807, 2.05) is 60.7 Å². The molecule has 2 rings (SSSR count). The van der Waals surface area contributed by atoms with Crippen LogP contribution in [-0.4, -0.2) is 15.2 Å². The Bertz CT molecular complexity index is 559. The van der Waals surface area contributed by atoms with Gasteiger partial charge in [0, 0.05) is 11.1 Å². The van der Waals surface area contributed by atoms with Gasteiger partial charge in [-0.2, -0.15) is 0 Å². The number of nitrogens with two attached hydrogens (primary N) is 1. The molecule has 4 heteroatoms. The second-order valence-corrected chi connectivity index (χ2v) is 7.46. The number of hydrogen-bond acceptors (Lipinski definition) is 2. The molecule has 2 N–H and O–H groups in total. The summed E-state index contributed by atoms with van der Waals surface area (Å²) in [5.41, 5.74) is 7.26. The zero-order chi connectivity index (χ0) is 15.5. The molecule has 0 aliphatic carbocycles. The molecule has 1 unspecified atom stereocenters. The van der Waals surface area contributed by atoms with E-state index in [1.165, 1.54) is 0 Å². The Hall–Kier alpha value is -1.78. The summed E-state index contributed by atoms with van der Waals surface area (Å²) in [6.07, 6.45) is 0. The molecule has 1 atom stereocenters. The molecular formula is C17H19NO2S. The molecule has 1 amide bonds. The third-order valence-electron chi connectivity index (χ3n) is 3.52. The monoisotopic (exact) mass is 301 g/mol. The third kappa shape index (κ3) is 3.28. The van der Waals surface area contributed by atoms with Crippen molar-refractivity contribution in [2.45, 2.75) is 23.8 Å². The lowest BCUT2D eigenvalue weighted by Crippen LogP contribution is -2.47. The van der Waals surface area contributed by atoms with Crippen molar-refractivity contribution in [1.82, 2.24) is 0 Å². The van der Waals surface area contributed by atoms with Gasteiger partial charge in [0.25, 0.3) is 5.91 Å². The van der Waals surface area contributed by atoms with Crippen LogP contribution >= 0.6 is 0 Å². The Morgan fingerprint density at radius 1 is 1.00 bits per heavy atom. The Labute approximate surface area is 128 Å². The molecule has 110 valence electrons. The fourth-order valence-corrected chi connectivity index (χ4v) is 3.69. The molecule has 0 heterocycles. The van der Waals surface area contributed by atoms with Crippen LogP contribution in [0.4, 0.5) is 0 Å². The fourth-order valence-electron chi connectivity index (χ4n) is 2.09. The van der Waals surface area contributed by atoms with Gasteiger partial charge in [0.05, 0.1) is 0 Å². The maximum atomic E-state index is 13.0. The second-order valence-electron chi connectivity index (χ2n) is 5.37. The van der Waals surface area contributed by atoms with E-state index >= 15 is 0 Å². The number of rotatable bonds is 5. The molecule has 0 bridgehead atoms. The Morgan fingerprint density at radius 3 is 1.71 bits per heavy atom. The van der Waals surface area contributed by atoms with E-state index in [0.29, 0.717) is 0 Å². The number of hydrogen-bond donors (Lipinski definition) is 1. The molecule has 0 saturated heterocycles. The number of amides is 1. The molecule has 0 aromatic heterocycles. The minimum Gasteiger partial charge on any atom is -0.615 e. The molecule has 21 heavy (non-hydrogen) atoms. The van der Waals surface area contributed by atoms with Crippen molar-refractivity contribution in [3.63, 3.8) is 0 Å². The highest BCUT2D eigenvalue weighted by Crippen LogP contribution is 2.37. The van der Waals surface area contributed by atoms with Gasteiger partial charge in [-0.1, -0.05) is 60.7 Å². The van der Waals surface area contributed by atoms with E-state index in [2.05, 4.69) is 0 Å². The van der Waals surface area contributed by atoms with Crippen molar-refractivity contribution in [2.24, 2.45) is 5.73 Å². The lowest BCUT2D eigenvalue weighted by molar-refractivity contribution is -0.119. The van der Waals surface area contributed by atoms with Crippen molar-refractivity contribution in [3.05, 3.63) is 71.8 Å². The number of carbonyl (C=O) groups excluding carboxylic acids is 1. The highest BCUT2D eigenvalue weighted by atomic mass is 32.2. The Kier molecular flexibility index (Phi) is 4.70. The predicted octanol–water partition coefficient (Wildman–Crippen LogP) is 2.79. The largest absolute Gasteiger partial charge is 0.615 e. The summed E-state index contributed by atoms with van der Waals surface area (Å²) in [6, 6.07) is 19.1. The topological polar surface area (TPSA) is 66.2 Å². The standard InChI is InChI=1S/C17H19NO2S/c1-17(2,16(18)19)21(20)15(13-9-5-3-6-10-13)14-11-7-4-8-12-14/h3-12,15H,1-2H3,(H2,18,19). The highest BCUT2D eigenvalue weighted by Gasteiger charge is 2.44. The van der Waals surface area contributed by atoms with Crippen LogP contribution in [0.15, 0.2) is 60.7 Å².